The van der Waals surface area contributed by atoms with Gasteiger partial charge in [-0.3, -0.25) is 0 Å². The Kier molecular flexibility index (Phi) is 4.70. The van der Waals surface area contributed by atoms with E-state index in [1.165, 1.54) is 12.8 Å². The molecule has 0 bridgehead atoms. The molecule has 0 aromatic carbocycles. The first kappa shape index (κ1) is 11.0. The van der Waals surface area contributed by atoms with E-state index in [4.69, 9.17) is 5.73 Å². The lowest BCUT2D eigenvalue weighted by atomic mass is 9.94. The van der Waals surface area contributed by atoms with Crippen molar-refractivity contribution in [2.24, 2.45) is 11.7 Å². The number of aliphatic hydroxyl groups is 1. The van der Waals surface area contributed by atoms with Crippen LogP contribution in [0.1, 0.15) is 26.2 Å². The number of nitrogens with zero attached hydrogens (tertiary/aromatic N) is 1. The standard InChI is InChI=1S/C10H22N2O/c1-2-3-5-12-6-4-9(7-11)10(13)8-12/h9-10,13H,2-8,11H2,1H3. The molecule has 0 spiro atoms. The van der Waals surface area contributed by atoms with Gasteiger partial charge in [-0.05, 0) is 38.4 Å². The van der Waals surface area contributed by atoms with Crippen LogP contribution in [0, 0.1) is 5.92 Å². The lowest BCUT2D eigenvalue weighted by molar-refractivity contribution is 0.0250. The van der Waals surface area contributed by atoms with Crippen LogP contribution in [0.4, 0.5) is 0 Å². The van der Waals surface area contributed by atoms with Gasteiger partial charge in [-0.15, -0.1) is 0 Å². The molecule has 0 amide bonds. The van der Waals surface area contributed by atoms with Crippen LogP contribution >= 0.6 is 0 Å². The van der Waals surface area contributed by atoms with Gasteiger partial charge in [-0.25, -0.2) is 0 Å². The molecule has 3 heteroatoms. The molecule has 0 aromatic heterocycles. The summed E-state index contributed by atoms with van der Waals surface area (Å²) in [4.78, 5) is 2.35. The minimum atomic E-state index is -0.199. The van der Waals surface area contributed by atoms with E-state index in [0.717, 1.165) is 26.1 Å². The number of β-amino-alcohol motifs (C(OH)–C–C–N with tert-alkyl or cyclic N) is 1. The number of hydrogen-bond acceptors (Lipinski definition) is 3. The summed E-state index contributed by atoms with van der Waals surface area (Å²) in [6, 6.07) is 0. The number of unbranched alkanes of at least 4 members (excludes halogenated alkanes) is 1. The van der Waals surface area contributed by atoms with Crippen molar-refractivity contribution in [3.05, 3.63) is 0 Å². The second-order valence-corrected chi connectivity index (χ2v) is 4.01. The molecule has 13 heavy (non-hydrogen) atoms. The number of rotatable bonds is 4. The molecule has 1 aliphatic rings. The van der Waals surface area contributed by atoms with E-state index >= 15 is 0 Å². The van der Waals surface area contributed by atoms with Crippen LogP contribution in [0.2, 0.25) is 0 Å². The van der Waals surface area contributed by atoms with Crippen molar-refractivity contribution >= 4 is 0 Å². The Bertz CT molecular complexity index is 141. The van der Waals surface area contributed by atoms with Gasteiger partial charge in [0.1, 0.15) is 0 Å². The van der Waals surface area contributed by atoms with Gasteiger partial charge in [-0.2, -0.15) is 0 Å². The molecule has 3 nitrogen and oxygen atoms in total. The third-order valence-corrected chi connectivity index (χ3v) is 2.94. The van der Waals surface area contributed by atoms with Crippen LogP contribution in [-0.2, 0) is 0 Å². The lowest BCUT2D eigenvalue weighted by Gasteiger charge is -2.35. The van der Waals surface area contributed by atoms with Gasteiger partial charge in [0.15, 0.2) is 0 Å². The van der Waals surface area contributed by atoms with Gasteiger partial charge in [0.25, 0.3) is 0 Å². The fraction of sp³-hybridized carbons (Fsp3) is 1.00. The maximum Gasteiger partial charge on any atom is 0.0707 e. The summed E-state index contributed by atoms with van der Waals surface area (Å²) in [6.07, 6.45) is 3.32. The molecule has 78 valence electrons. The van der Waals surface area contributed by atoms with Gasteiger partial charge in [0, 0.05) is 6.54 Å². The summed E-state index contributed by atoms with van der Waals surface area (Å²) >= 11 is 0. The Hall–Kier alpha value is -0.120. The Morgan fingerprint density at radius 2 is 2.31 bits per heavy atom. The zero-order valence-corrected chi connectivity index (χ0v) is 8.58. The predicted molar refractivity (Wildman–Crippen MR) is 54.5 cm³/mol. The highest BCUT2D eigenvalue weighted by atomic mass is 16.3. The molecule has 0 aromatic rings. The summed E-state index contributed by atoms with van der Waals surface area (Å²) in [5, 5.41) is 9.72. The van der Waals surface area contributed by atoms with Crippen molar-refractivity contribution in [1.29, 1.82) is 0 Å². The van der Waals surface area contributed by atoms with E-state index in [1.807, 2.05) is 0 Å². The number of aliphatic hydroxyl groups excluding tert-OH is 1. The Labute approximate surface area is 80.9 Å². The van der Waals surface area contributed by atoms with Gasteiger partial charge in [-0.1, -0.05) is 13.3 Å². The third-order valence-electron chi connectivity index (χ3n) is 2.94. The molecule has 0 radical (unpaired) electrons. The Morgan fingerprint density at radius 3 is 2.85 bits per heavy atom. The molecule has 1 rings (SSSR count). The SMILES string of the molecule is CCCCN1CCC(CN)C(O)C1. The summed E-state index contributed by atoms with van der Waals surface area (Å²) in [7, 11) is 0. The smallest absolute Gasteiger partial charge is 0.0707 e. The van der Waals surface area contributed by atoms with Crippen LogP contribution in [0.3, 0.4) is 0 Å². The molecule has 3 N–H and O–H groups in total. The second kappa shape index (κ2) is 5.58. The van der Waals surface area contributed by atoms with Crippen molar-refractivity contribution in [3.63, 3.8) is 0 Å². The minimum Gasteiger partial charge on any atom is -0.391 e. The van der Waals surface area contributed by atoms with Crippen LogP contribution < -0.4 is 5.73 Å². The van der Waals surface area contributed by atoms with E-state index in [-0.39, 0.29) is 6.10 Å². The van der Waals surface area contributed by atoms with E-state index in [1.54, 1.807) is 0 Å². The van der Waals surface area contributed by atoms with Gasteiger partial charge in [0.2, 0.25) is 0 Å². The molecule has 2 atom stereocenters. The van der Waals surface area contributed by atoms with Crippen LogP contribution in [0.5, 0.6) is 0 Å². The lowest BCUT2D eigenvalue weighted by Crippen LogP contribution is -2.46. The fourth-order valence-electron chi connectivity index (χ4n) is 1.91. The molecule has 1 fully saturated rings. The van der Waals surface area contributed by atoms with E-state index < -0.39 is 0 Å². The van der Waals surface area contributed by atoms with Crippen molar-refractivity contribution in [2.45, 2.75) is 32.3 Å². The predicted octanol–water partition coefficient (Wildman–Crippen LogP) is 0.428. The van der Waals surface area contributed by atoms with Crippen LogP contribution in [0.15, 0.2) is 0 Å². The number of hydrogen-bond donors (Lipinski definition) is 2. The highest BCUT2D eigenvalue weighted by molar-refractivity contribution is 4.80. The maximum absolute atomic E-state index is 9.72. The van der Waals surface area contributed by atoms with Gasteiger partial charge >= 0.3 is 0 Å². The van der Waals surface area contributed by atoms with Crippen LogP contribution in [-0.4, -0.2) is 42.3 Å². The molecular formula is C10H22N2O. The topological polar surface area (TPSA) is 49.5 Å². The molecule has 2 unspecified atom stereocenters. The number of likely N-dealkylation sites (tertiary alicyclic amines) is 1. The average Bonchev–Trinajstić information content (AvgIpc) is 2.15. The summed E-state index contributed by atoms with van der Waals surface area (Å²) in [5.74, 6) is 0.331. The summed E-state index contributed by atoms with van der Waals surface area (Å²) in [6.45, 7) is 5.89. The minimum absolute atomic E-state index is 0.199. The normalized spacial score (nSPS) is 30.7. The Morgan fingerprint density at radius 1 is 1.54 bits per heavy atom. The fourth-order valence-corrected chi connectivity index (χ4v) is 1.91. The monoisotopic (exact) mass is 186 g/mol. The van der Waals surface area contributed by atoms with Crippen molar-refractivity contribution < 1.29 is 5.11 Å². The molecule has 0 aliphatic carbocycles. The number of nitrogens with two attached hydrogens (primary N) is 1. The van der Waals surface area contributed by atoms with E-state index in [2.05, 4.69) is 11.8 Å². The molecular weight excluding hydrogens is 164 g/mol. The quantitative estimate of drug-likeness (QED) is 0.669. The summed E-state index contributed by atoms with van der Waals surface area (Å²) < 4.78 is 0. The van der Waals surface area contributed by atoms with E-state index in [9.17, 15) is 5.11 Å². The first-order valence-corrected chi connectivity index (χ1v) is 5.38. The largest absolute Gasteiger partial charge is 0.391 e. The van der Waals surface area contributed by atoms with Crippen molar-refractivity contribution in [2.75, 3.05) is 26.2 Å². The van der Waals surface area contributed by atoms with Crippen molar-refractivity contribution in [3.8, 4) is 0 Å². The molecule has 1 aliphatic heterocycles. The van der Waals surface area contributed by atoms with Gasteiger partial charge in [0.05, 0.1) is 6.10 Å². The van der Waals surface area contributed by atoms with Gasteiger partial charge < -0.3 is 15.7 Å². The van der Waals surface area contributed by atoms with Crippen molar-refractivity contribution in [1.82, 2.24) is 4.90 Å². The molecule has 0 saturated carbocycles. The maximum atomic E-state index is 9.72. The first-order valence-electron chi connectivity index (χ1n) is 5.38. The second-order valence-electron chi connectivity index (χ2n) is 4.01. The zero-order chi connectivity index (χ0) is 9.68. The summed E-state index contributed by atoms with van der Waals surface area (Å²) in [5.41, 5.74) is 5.56. The molecule has 1 heterocycles. The molecule has 1 saturated heterocycles. The van der Waals surface area contributed by atoms with E-state index in [0.29, 0.717) is 12.5 Å². The average molecular weight is 186 g/mol. The first-order chi connectivity index (χ1) is 6.27. The Balaban J connectivity index is 2.24. The van der Waals surface area contributed by atoms with Crippen LogP contribution in [0.25, 0.3) is 0 Å². The highest BCUT2D eigenvalue weighted by Gasteiger charge is 2.25. The highest BCUT2D eigenvalue weighted by Crippen LogP contribution is 2.16. The third kappa shape index (κ3) is 3.25. The number of piperidine rings is 1. The zero-order valence-electron chi connectivity index (χ0n) is 8.58.